The van der Waals surface area contributed by atoms with E-state index in [1.807, 2.05) is 4.90 Å². The van der Waals surface area contributed by atoms with E-state index in [0.717, 1.165) is 4.90 Å². The number of piperazine rings is 1. The van der Waals surface area contributed by atoms with Crippen LogP contribution in [0.15, 0.2) is 41.3 Å². The number of ether oxygens (including phenoxy) is 3. The van der Waals surface area contributed by atoms with Crippen molar-refractivity contribution in [3.8, 4) is 17.2 Å². The maximum atomic E-state index is 13.2. The van der Waals surface area contributed by atoms with E-state index in [0.29, 0.717) is 54.3 Å². The van der Waals surface area contributed by atoms with Crippen molar-refractivity contribution in [2.45, 2.75) is 17.4 Å². The first-order valence-corrected chi connectivity index (χ1v) is 13.0. The third-order valence-corrected chi connectivity index (χ3v) is 8.50. The van der Waals surface area contributed by atoms with E-state index in [4.69, 9.17) is 25.8 Å². The van der Waals surface area contributed by atoms with Gasteiger partial charge in [0.05, 0.1) is 30.2 Å². The van der Waals surface area contributed by atoms with Gasteiger partial charge in [-0.25, -0.2) is 13.3 Å². The molecular weight excluding hydrogens is 498 g/mol. The van der Waals surface area contributed by atoms with Crippen LogP contribution in [0.3, 0.4) is 0 Å². The van der Waals surface area contributed by atoms with Gasteiger partial charge in [0.2, 0.25) is 15.9 Å². The number of hydrogen-bond acceptors (Lipinski definition) is 8. The largest absolute Gasteiger partial charge is 0.495 e. The highest BCUT2D eigenvalue weighted by Crippen LogP contribution is 2.36. The monoisotopic (exact) mass is 521 g/mol. The lowest BCUT2D eigenvalue weighted by molar-refractivity contribution is -0.123. The predicted octanol–water partition coefficient (Wildman–Crippen LogP) is 1.76. The number of sulfonamides is 1. The van der Waals surface area contributed by atoms with Crippen LogP contribution in [0.2, 0.25) is 5.02 Å². The standard InChI is InChI=1S/C23H24ClN3O7S/c1-32-19-4-2-15(24)12-17(19)27-22(28)14-18(23(27)29)25-6-8-26(9-7-25)35(30,31)16-3-5-20-21(13-16)34-11-10-33-20/h2-5,12-13,18H,6-11,14H2,1H3/t18-/m0/s1. The van der Waals surface area contributed by atoms with Gasteiger partial charge in [0.25, 0.3) is 5.91 Å². The van der Waals surface area contributed by atoms with Crippen molar-refractivity contribution in [3.63, 3.8) is 0 Å². The molecule has 0 unspecified atom stereocenters. The van der Waals surface area contributed by atoms with Gasteiger partial charge in [0, 0.05) is 37.3 Å². The highest BCUT2D eigenvalue weighted by molar-refractivity contribution is 7.89. The van der Waals surface area contributed by atoms with Crippen LogP contribution in [0.25, 0.3) is 0 Å². The van der Waals surface area contributed by atoms with Crippen molar-refractivity contribution in [3.05, 3.63) is 41.4 Å². The van der Waals surface area contributed by atoms with Gasteiger partial charge in [-0.05, 0) is 30.3 Å². The molecule has 10 nitrogen and oxygen atoms in total. The maximum absolute atomic E-state index is 13.2. The molecule has 2 saturated heterocycles. The number of methoxy groups -OCH3 is 1. The molecule has 0 aromatic heterocycles. The molecule has 2 aromatic rings. The molecular formula is C23H24ClN3O7S. The van der Waals surface area contributed by atoms with Crippen LogP contribution in [0.4, 0.5) is 5.69 Å². The van der Waals surface area contributed by atoms with Crippen molar-refractivity contribution < 1.29 is 32.2 Å². The summed E-state index contributed by atoms with van der Waals surface area (Å²) in [5.41, 5.74) is 0.303. The SMILES string of the molecule is COc1ccc(Cl)cc1N1C(=O)C[C@H](N2CCN(S(=O)(=O)c3ccc4c(c3)OCCO4)CC2)C1=O. The molecule has 12 heteroatoms. The van der Waals surface area contributed by atoms with Crippen LogP contribution in [0.5, 0.6) is 17.2 Å². The Morgan fingerprint density at radius 3 is 2.40 bits per heavy atom. The average Bonchev–Trinajstić information content (AvgIpc) is 3.17. The highest BCUT2D eigenvalue weighted by atomic mass is 35.5. The van der Waals surface area contributed by atoms with Gasteiger partial charge in [-0.2, -0.15) is 4.31 Å². The number of carbonyl (C=O) groups is 2. The van der Waals surface area contributed by atoms with E-state index in [1.54, 1.807) is 18.2 Å². The Bertz CT molecular complexity index is 1280. The van der Waals surface area contributed by atoms with E-state index in [-0.39, 0.29) is 36.2 Å². The Balaban J connectivity index is 1.29. The van der Waals surface area contributed by atoms with E-state index < -0.39 is 16.1 Å². The predicted molar refractivity (Wildman–Crippen MR) is 127 cm³/mol. The molecule has 0 radical (unpaired) electrons. The topological polar surface area (TPSA) is 106 Å². The molecule has 0 N–H and O–H groups in total. The fourth-order valence-corrected chi connectivity index (χ4v) is 6.19. The van der Waals surface area contributed by atoms with Crippen molar-refractivity contribution in [2.24, 2.45) is 0 Å². The molecule has 2 amide bonds. The fourth-order valence-electron chi connectivity index (χ4n) is 4.58. The summed E-state index contributed by atoms with van der Waals surface area (Å²) in [7, 11) is -2.30. The number of carbonyl (C=O) groups excluding carboxylic acids is 2. The number of amides is 2. The number of imide groups is 1. The highest BCUT2D eigenvalue weighted by Gasteiger charge is 2.45. The molecule has 3 aliphatic rings. The van der Waals surface area contributed by atoms with Gasteiger partial charge in [0.1, 0.15) is 19.0 Å². The fraction of sp³-hybridized carbons (Fsp3) is 0.391. The number of nitrogens with zero attached hydrogens (tertiary/aromatic N) is 3. The molecule has 0 aliphatic carbocycles. The van der Waals surface area contributed by atoms with E-state index in [2.05, 4.69) is 0 Å². The maximum Gasteiger partial charge on any atom is 0.251 e. The van der Waals surface area contributed by atoms with Crippen molar-refractivity contribution in [1.82, 2.24) is 9.21 Å². The van der Waals surface area contributed by atoms with Gasteiger partial charge < -0.3 is 14.2 Å². The second kappa shape index (κ2) is 9.30. The first-order valence-electron chi connectivity index (χ1n) is 11.1. The summed E-state index contributed by atoms with van der Waals surface area (Å²) in [5.74, 6) is 0.561. The Hall–Kier alpha value is -2.86. The summed E-state index contributed by atoms with van der Waals surface area (Å²) in [6.45, 7) is 1.79. The normalized spacial score (nSPS) is 21.4. The summed E-state index contributed by atoms with van der Waals surface area (Å²) < 4.78 is 44.1. The molecule has 1 atom stereocenters. The summed E-state index contributed by atoms with van der Waals surface area (Å²) in [6, 6.07) is 8.65. The Morgan fingerprint density at radius 1 is 0.971 bits per heavy atom. The molecule has 186 valence electrons. The van der Waals surface area contributed by atoms with E-state index >= 15 is 0 Å². The zero-order valence-electron chi connectivity index (χ0n) is 19.0. The lowest BCUT2D eigenvalue weighted by Gasteiger charge is -2.36. The van der Waals surface area contributed by atoms with Crippen LogP contribution in [0, 0.1) is 0 Å². The zero-order valence-corrected chi connectivity index (χ0v) is 20.5. The zero-order chi connectivity index (χ0) is 24.7. The van der Waals surface area contributed by atoms with Crippen molar-refractivity contribution in [2.75, 3.05) is 51.4 Å². The average molecular weight is 522 g/mol. The summed E-state index contributed by atoms with van der Waals surface area (Å²) >= 11 is 6.09. The van der Waals surface area contributed by atoms with Crippen LogP contribution >= 0.6 is 11.6 Å². The molecule has 3 heterocycles. The summed E-state index contributed by atoms with van der Waals surface area (Å²) in [4.78, 5) is 29.1. The van der Waals surface area contributed by atoms with Gasteiger partial charge in [-0.3, -0.25) is 14.5 Å². The molecule has 3 aliphatic heterocycles. The first-order chi connectivity index (χ1) is 16.8. The lowest BCUT2D eigenvalue weighted by atomic mass is 10.2. The quantitative estimate of drug-likeness (QED) is 0.548. The molecule has 0 bridgehead atoms. The summed E-state index contributed by atoms with van der Waals surface area (Å²) in [5, 5.41) is 0.378. The third-order valence-electron chi connectivity index (χ3n) is 6.37. The minimum absolute atomic E-state index is 0.00338. The second-order valence-corrected chi connectivity index (χ2v) is 10.7. The third kappa shape index (κ3) is 4.33. The second-order valence-electron chi connectivity index (χ2n) is 8.35. The first kappa shape index (κ1) is 23.9. The van der Waals surface area contributed by atoms with Crippen molar-refractivity contribution in [1.29, 1.82) is 0 Å². The van der Waals surface area contributed by atoms with Crippen LogP contribution in [-0.4, -0.2) is 82.0 Å². The minimum atomic E-state index is -3.76. The van der Waals surface area contributed by atoms with E-state index in [1.165, 1.54) is 29.6 Å². The Kier molecular flexibility index (Phi) is 6.34. The van der Waals surface area contributed by atoms with Crippen LogP contribution < -0.4 is 19.1 Å². The van der Waals surface area contributed by atoms with Gasteiger partial charge in [-0.1, -0.05) is 11.6 Å². The van der Waals surface area contributed by atoms with Gasteiger partial charge in [-0.15, -0.1) is 0 Å². The number of halogens is 1. The number of anilines is 1. The molecule has 35 heavy (non-hydrogen) atoms. The number of fused-ring (bicyclic) bond motifs is 1. The molecule has 5 rings (SSSR count). The van der Waals surface area contributed by atoms with E-state index in [9.17, 15) is 18.0 Å². The number of hydrogen-bond donors (Lipinski definition) is 0. The minimum Gasteiger partial charge on any atom is -0.495 e. The van der Waals surface area contributed by atoms with Crippen LogP contribution in [0.1, 0.15) is 6.42 Å². The molecule has 0 spiro atoms. The number of rotatable bonds is 5. The lowest BCUT2D eigenvalue weighted by Crippen LogP contribution is -2.53. The van der Waals surface area contributed by atoms with Crippen molar-refractivity contribution >= 4 is 39.1 Å². The molecule has 2 fully saturated rings. The van der Waals surface area contributed by atoms with Gasteiger partial charge in [0.15, 0.2) is 11.5 Å². The smallest absolute Gasteiger partial charge is 0.251 e. The van der Waals surface area contributed by atoms with Gasteiger partial charge >= 0.3 is 0 Å². The Labute approximate surface area is 207 Å². The molecule has 2 aromatic carbocycles. The molecule has 0 saturated carbocycles. The summed E-state index contributed by atoms with van der Waals surface area (Å²) in [6.07, 6.45) is 0.00338. The van der Waals surface area contributed by atoms with Crippen LogP contribution in [-0.2, 0) is 19.6 Å². The Morgan fingerprint density at radius 2 is 1.69 bits per heavy atom. The number of benzene rings is 2.